The van der Waals surface area contributed by atoms with Crippen molar-refractivity contribution in [1.29, 1.82) is 0 Å². The molecule has 0 spiro atoms. The smallest absolute Gasteiger partial charge is 0.256 e. The molecule has 32 heavy (non-hydrogen) atoms. The van der Waals surface area contributed by atoms with Crippen LogP contribution < -0.4 is 10.1 Å². The van der Waals surface area contributed by atoms with Crippen LogP contribution in [0.5, 0.6) is 5.75 Å². The number of aryl methyl sites for hydroxylation is 1. The maximum atomic E-state index is 12.9. The first kappa shape index (κ1) is 21.2. The molecular formula is C23H25N7O2. The van der Waals surface area contributed by atoms with E-state index < -0.39 is 0 Å². The second-order valence-corrected chi connectivity index (χ2v) is 8.35. The van der Waals surface area contributed by atoms with Gasteiger partial charge in [-0.05, 0) is 30.3 Å². The molecule has 0 atom stereocenters. The molecule has 0 aliphatic rings. The summed E-state index contributed by atoms with van der Waals surface area (Å²) in [5, 5.41) is 7.54. The summed E-state index contributed by atoms with van der Waals surface area (Å²) < 4.78 is 9.20. The molecule has 0 saturated heterocycles. The van der Waals surface area contributed by atoms with Gasteiger partial charge in [0.15, 0.2) is 0 Å². The number of rotatable bonds is 6. The molecule has 1 amide bonds. The van der Waals surface area contributed by atoms with Gasteiger partial charge in [0.25, 0.3) is 11.9 Å². The third-order valence-electron chi connectivity index (χ3n) is 4.87. The van der Waals surface area contributed by atoms with Crippen LogP contribution in [0.3, 0.4) is 0 Å². The van der Waals surface area contributed by atoms with Gasteiger partial charge >= 0.3 is 0 Å². The zero-order chi connectivity index (χ0) is 22.7. The zero-order valence-electron chi connectivity index (χ0n) is 18.5. The summed E-state index contributed by atoms with van der Waals surface area (Å²) in [5.74, 6) is 2.09. The van der Waals surface area contributed by atoms with Gasteiger partial charge in [0.05, 0.1) is 5.69 Å². The Kier molecular flexibility index (Phi) is 5.72. The molecule has 9 nitrogen and oxygen atoms in total. The van der Waals surface area contributed by atoms with Crippen LogP contribution in [0.2, 0.25) is 0 Å². The Bertz CT molecular complexity index is 1210. The second-order valence-electron chi connectivity index (χ2n) is 8.35. The number of benzene rings is 1. The van der Waals surface area contributed by atoms with E-state index in [2.05, 4.69) is 46.1 Å². The summed E-state index contributed by atoms with van der Waals surface area (Å²) in [6, 6.07) is 10.5. The highest BCUT2D eigenvalue weighted by atomic mass is 16.5. The van der Waals surface area contributed by atoms with Crippen LogP contribution in [0.4, 0.5) is 5.82 Å². The van der Waals surface area contributed by atoms with Crippen molar-refractivity contribution in [3.8, 4) is 11.7 Å². The summed E-state index contributed by atoms with van der Waals surface area (Å²) in [5.41, 5.74) is 1.11. The van der Waals surface area contributed by atoms with Crippen LogP contribution in [0.1, 0.15) is 42.6 Å². The summed E-state index contributed by atoms with van der Waals surface area (Å²) in [6.45, 7) is 6.52. The quantitative estimate of drug-likeness (QED) is 0.501. The molecule has 0 aliphatic heterocycles. The number of hydrogen-bond acceptors (Lipinski definition) is 6. The van der Waals surface area contributed by atoms with Crippen molar-refractivity contribution in [1.82, 2.24) is 29.3 Å². The number of imidazole rings is 1. The van der Waals surface area contributed by atoms with Gasteiger partial charge in [-0.2, -0.15) is 9.78 Å². The van der Waals surface area contributed by atoms with Gasteiger partial charge in [0, 0.05) is 48.9 Å². The van der Waals surface area contributed by atoms with Crippen molar-refractivity contribution < 1.29 is 9.53 Å². The highest BCUT2D eigenvalue weighted by molar-refractivity contribution is 6.04. The molecule has 0 unspecified atom stereocenters. The fourth-order valence-corrected chi connectivity index (χ4v) is 2.96. The predicted molar refractivity (Wildman–Crippen MR) is 120 cm³/mol. The first-order chi connectivity index (χ1) is 15.3. The largest absolute Gasteiger partial charge is 0.486 e. The Morgan fingerprint density at radius 1 is 1.06 bits per heavy atom. The van der Waals surface area contributed by atoms with Crippen molar-refractivity contribution in [3.05, 3.63) is 78.3 Å². The number of nitrogens with one attached hydrogen (secondary N) is 1. The number of nitrogens with zero attached hydrogens (tertiary/aromatic N) is 6. The Morgan fingerprint density at radius 3 is 2.41 bits per heavy atom. The Hall–Kier alpha value is -4.01. The Labute approximate surface area is 186 Å². The highest BCUT2D eigenvalue weighted by Crippen LogP contribution is 2.26. The average Bonchev–Trinajstić information content (AvgIpc) is 3.39. The molecule has 3 heterocycles. The summed E-state index contributed by atoms with van der Waals surface area (Å²) >= 11 is 0. The SMILES string of the molecule is Cn1ccnc1COc1ccc(C(=O)Nc2cc(C(C)(C)C)nn2-c2ncccn2)cc1. The minimum atomic E-state index is -0.266. The number of carbonyl (C=O) groups is 1. The fourth-order valence-electron chi connectivity index (χ4n) is 2.96. The van der Waals surface area contributed by atoms with E-state index in [9.17, 15) is 4.79 Å². The van der Waals surface area contributed by atoms with Gasteiger partial charge in [0.1, 0.15) is 24.0 Å². The minimum Gasteiger partial charge on any atom is -0.486 e. The monoisotopic (exact) mass is 431 g/mol. The average molecular weight is 432 g/mol. The first-order valence-electron chi connectivity index (χ1n) is 10.2. The van der Waals surface area contributed by atoms with Gasteiger partial charge in [0.2, 0.25) is 0 Å². The number of amides is 1. The van der Waals surface area contributed by atoms with E-state index in [0.717, 1.165) is 11.5 Å². The molecule has 0 bridgehead atoms. The van der Waals surface area contributed by atoms with Crippen LogP contribution in [0.15, 0.2) is 61.2 Å². The number of aromatic nitrogens is 6. The molecular weight excluding hydrogens is 406 g/mol. The lowest BCUT2D eigenvalue weighted by atomic mass is 9.92. The third kappa shape index (κ3) is 4.66. The zero-order valence-corrected chi connectivity index (χ0v) is 18.5. The molecule has 164 valence electrons. The third-order valence-corrected chi connectivity index (χ3v) is 4.87. The normalized spacial score (nSPS) is 11.4. The molecule has 1 N–H and O–H groups in total. The molecule has 0 fully saturated rings. The van der Waals surface area contributed by atoms with E-state index in [4.69, 9.17) is 4.74 Å². The van der Waals surface area contributed by atoms with E-state index in [1.54, 1.807) is 53.6 Å². The van der Waals surface area contributed by atoms with Crippen molar-refractivity contribution >= 4 is 11.7 Å². The molecule has 0 aliphatic carbocycles. The van der Waals surface area contributed by atoms with E-state index >= 15 is 0 Å². The lowest BCUT2D eigenvalue weighted by molar-refractivity contribution is 0.102. The summed E-state index contributed by atoms with van der Waals surface area (Å²) in [4.78, 5) is 25.7. The number of hydrogen-bond donors (Lipinski definition) is 1. The van der Waals surface area contributed by atoms with Crippen molar-refractivity contribution in [3.63, 3.8) is 0 Å². The predicted octanol–water partition coefficient (Wildman–Crippen LogP) is 3.52. The van der Waals surface area contributed by atoms with E-state index in [1.165, 1.54) is 0 Å². The van der Waals surface area contributed by atoms with E-state index in [1.807, 2.05) is 23.9 Å². The molecule has 4 rings (SSSR count). The molecule has 4 aromatic rings. The van der Waals surface area contributed by atoms with Crippen LogP contribution in [-0.4, -0.2) is 35.2 Å². The second kappa shape index (κ2) is 8.62. The first-order valence-corrected chi connectivity index (χ1v) is 10.2. The van der Waals surface area contributed by atoms with E-state index in [-0.39, 0.29) is 11.3 Å². The van der Waals surface area contributed by atoms with Crippen LogP contribution in [-0.2, 0) is 19.1 Å². The van der Waals surface area contributed by atoms with Gasteiger partial charge < -0.3 is 14.6 Å². The number of ether oxygens (including phenoxy) is 1. The molecule has 0 radical (unpaired) electrons. The molecule has 9 heteroatoms. The number of carbonyl (C=O) groups excluding carboxylic acids is 1. The van der Waals surface area contributed by atoms with Crippen molar-refractivity contribution in [2.75, 3.05) is 5.32 Å². The highest BCUT2D eigenvalue weighted by Gasteiger charge is 2.22. The lowest BCUT2D eigenvalue weighted by Gasteiger charge is -2.13. The summed E-state index contributed by atoms with van der Waals surface area (Å²) in [6.07, 6.45) is 6.86. The molecule has 0 saturated carbocycles. The Morgan fingerprint density at radius 2 is 1.78 bits per heavy atom. The maximum absolute atomic E-state index is 12.9. The maximum Gasteiger partial charge on any atom is 0.256 e. The van der Waals surface area contributed by atoms with Crippen LogP contribution in [0.25, 0.3) is 5.95 Å². The van der Waals surface area contributed by atoms with Crippen LogP contribution in [0, 0.1) is 0 Å². The lowest BCUT2D eigenvalue weighted by Crippen LogP contribution is -2.16. The van der Waals surface area contributed by atoms with Crippen LogP contribution >= 0.6 is 0 Å². The minimum absolute atomic E-state index is 0.203. The molecule has 3 aromatic heterocycles. The van der Waals surface area contributed by atoms with E-state index in [0.29, 0.717) is 29.7 Å². The topological polar surface area (TPSA) is 99.8 Å². The van der Waals surface area contributed by atoms with Gasteiger partial charge in [-0.3, -0.25) is 4.79 Å². The standard InChI is InChI=1S/C23H25N7O2/c1-23(2,3)18-14-19(30(28-18)22-25-10-5-11-26-22)27-21(31)16-6-8-17(9-7-16)32-15-20-24-12-13-29(20)4/h5-14H,15H2,1-4H3,(H,27,31). The molecule has 1 aromatic carbocycles. The fraction of sp³-hybridized carbons (Fsp3) is 0.261. The Balaban J connectivity index is 1.51. The summed E-state index contributed by atoms with van der Waals surface area (Å²) in [7, 11) is 1.91. The van der Waals surface area contributed by atoms with Gasteiger partial charge in [-0.1, -0.05) is 20.8 Å². The number of anilines is 1. The van der Waals surface area contributed by atoms with Crippen molar-refractivity contribution in [2.45, 2.75) is 32.8 Å². The van der Waals surface area contributed by atoms with Gasteiger partial charge in [-0.15, -0.1) is 0 Å². The van der Waals surface area contributed by atoms with Gasteiger partial charge in [-0.25, -0.2) is 15.0 Å². The van der Waals surface area contributed by atoms with Crippen molar-refractivity contribution in [2.24, 2.45) is 7.05 Å².